The van der Waals surface area contributed by atoms with Gasteiger partial charge in [0.15, 0.2) is 6.61 Å². The summed E-state index contributed by atoms with van der Waals surface area (Å²) in [5.41, 5.74) is -0.0435. The van der Waals surface area contributed by atoms with E-state index in [1.54, 1.807) is 6.07 Å². The molecule has 0 aliphatic carbocycles. The Balaban J connectivity index is 2.07. The molecule has 0 amide bonds. The topological polar surface area (TPSA) is 26.3 Å². The fourth-order valence-electron chi connectivity index (χ4n) is 1.53. The van der Waals surface area contributed by atoms with Crippen LogP contribution < -0.4 is 4.74 Å². The van der Waals surface area contributed by atoms with Gasteiger partial charge < -0.3 is 4.74 Å². The molecule has 0 aliphatic heterocycles. The molecule has 0 bridgehead atoms. The molecule has 0 fully saturated rings. The molecular weight excluding hydrogens is 318 g/mol. The van der Waals surface area contributed by atoms with Crippen LogP contribution in [-0.2, 0) is 0 Å². The molecule has 0 saturated heterocycles. The Morgan fingerprint density at radius 1 is 1.16 bits per heavy atom. The zero-order valence-corrected chi connectivity index (χ0v) is 11.3. The average Bonchev–Trinajstić information content (AvgIpc) is 2.35. The summed E-state index contributed by atoms with van der Waals surface area (Å²) in [4.78, 5) is 11.7. The van der Waals surface area contributed by atoms with Crippen LogP contribution in [0.1, 0.15) is 10.4 Å². The van der Waals surface area contributed by atoms with Crippen molar-refractivity contribution < 1.29 is 18.3 Å². The molecule has 0 spiro atoms. The number of hydrogen-bond acceptors (Lipinski definition) is 2. The number of rotatable bonds is 4. The van der Waals surface area contributed by atoms with E-state index in [9.17, 15) is 13.6 Å². The Labute approximate surface area is 117 Å². The largest absolute Gasteiger partial charge is 0.485 e. The first-order valence-corrected chi connectivity index (χ1v) is 6.22. The van der Waals surface area contributed by atoms with E-state index in [1.807, 2.05) is 0 Å². The lowest BCUT2D eigenvalue weighted by molar-refractivity contribution is 0.0917. The van der Waals surface area contributed by atoms with Crippen LogP contribution >= 0.6 is 15.9 Å². The van der Waals surface area contributed by atoms with Crippen LogP contribution in [0.25, 0.3) is 0 Å². The molecule has 2 aromatic carbocycles. The standard InChI is InChI=1S/C14H9BrF2O2/c15-9-5-10(16)7-11(6-9)19-8-14(18)12-3-1-2-4-13(12)17/h1-7H,8H2. The molecule has 0 radical (unpaired) electrons. The van der Waals surface area contributed by atoms with E-state index in [0.717, 1.165) is 6.07 Å². The normalized spacial score (nSPS) is 10.3. The maximum atomic E-state index is 13.4. The van der Waals surface area contributed by atoms with Crippen LogP contribution in [0.3, 0.4) is 0 Å². The first kappa shape index (κ1) is 13.7. The minimum atomic E-state index is -0.600. The van der Waals surface area contributed by atoms with Gasteiger partial charge in [-0.2, -0.15) is 0 Å². The summed E-state index contributed by atoms with van der Waals surface area (Å²) in [6.45, 7) is -0.350. The van der Waals surface area contributed by atoms with Gasteiger partial charge in [0, 0.05) is 10.5 Å². The first-order chi connectivity index (χ1) is 9.06. The third kappa shape index (κ3) is 3.61. The van der Waals surface area contributed by atoms with Crippen molar-refractivity contribution in [1.29, 1.82) is 0 Å². The van der Waals surface area contributed by atoms with Crippen molar-refractivity contribution in [3.63, 3.8) is 0 Å². The van der Waals surface area contributed by atoms with Gasteiger partial charge in [0.1, 0.15) is 17.4 Å². The summed E-state index contributed by atoms with van der Waals surface area (Å²) < 4.78 is 32.1. The number of benzene rings is 2. The van der Waals surface area contributed by atoms with Crippen molar-refractivity contribution >= 4 is 21.7 Å². The average molecular weight is 327 g/mol. The van der Waals surface area contributed by atoms with Crippen molar-refractivity contribution in [3.05, 3.63) is 64.1 Å². The van der Waals surface area contributed by atoms with E-state index in [4.69, 9.17) is 4.74 Å². The van der Waals surface area contributed by atoms with Crippen LogP contribution in [0, 0.1) is 11.6 Å². The summed E-state index contributed by atoms with van der Waals surface area (Å²) >= 11 is 3.11. The molecule has 0 unspecified atom stereocenters. The van der Waals surface area contributed by atoms with Crippen molar-refractivity contribution in [2.45, 2.75) is 0 Å². The second kappa shape index (κ2) is 5.93. The number of ether oxygens (including phenoxy) is 1. The Bertz CT molecular complexity index is 594. The second-order valence-corrected chi connectivity index (χ2v) is 4.71. The van der Waals surface area contributed by atoms with Gasteiger partial charge >= 0.3 is 0 Å². The van der Waals surface area contributed by atoms with E-state index in [0.29, 0.717) is 4.47 Å². The Hall–Kier alpha value is -1.75. The molecule has 2 aromatic rings. The van der Waals surface area contributed by atoms with Gasteiger partial charge in [-0.15, -0.1) is 0 Å². The predicted molar refractivity (Wildman–Crippen MR) is 70.3 cm³/mol. The Morgan fingerprint density at radius 3 is 2.58 bits per heavy atom. The summed E-state index contributed by atoms with van der Waals surface area (Å²) in [7, 11) is 0. The summed E-state index contributed by atoms with van der Waals surface area (Å²) in [6.07, 6.45) is 0. The predicted octanol–water partition coefficient (Wildman–Crippen LogP) is 3.99. The van der Waals surface area contributed by atoms with E-state index < -0.39 is 17.4 Å². The molecule has 2 nitrogen and oxygen atoms in total. The first-order valence-electron chi connectivity index (χ1n) is 5.43. The summed E-state index contributed by atoms with van der Waals surface area (Å²) in [5.74, 6) is -1.38. The number of halogens is 3. The SMILES string of the molecule is O=C(COc1cc(F)cc(Br)c1)c1ccccc1F. The molecule has 2 rings (SSSR count). The fourth-order valence-corrected chi connectivity index (χ4v) is 1.97. The molecule has 0 aliphatic rings. The molecule has 0 atom stereocenters. The van der Waals surface area contributed by atoms with Gasteiger partial charge in [0.05, 0.1) is 5.56 Å². The lowest BCUT2D eigenvalue weighted by Gasteiger charge is -2.06. The molecule has 0 aromatic heterocycles. The maximum absolute atomic E-state index is 13.4. The van der Waals surface area contributed by atoms with E-state index in [1.165, 1.54) is 30.3 Å². The van der Waals surface area contributed by atoms with E-state index in [2.05, 4.69) is 15.9 Å². The summed E-state index contributed by atoms with van der Waals surface area (Å²) in [5, 5.41) is 0. The number of hydrogen-bond donors (Lipinski definition) is 0. The maximum Gasteiger partial charge on any atom is 0.203 e. The second-order valence-electron chi connectivity index (χ2n) is 3.80. The van der Waals surface area contributed by atoms with E-state index in [-0.39, 0.29) is 17.9 Å². The fraction of sp³-hybridized carbons (Fsp3) is 0.0714. The van der Waals surface area contributed by atoms with Crippen molar-refractivity contribution in [2.24, 2.45) is 0 Å². The van der Waals surface area contributed by atoms with Gasteiger partial charge in [-0.3, -0.25) is 4.79 Å². The van der Waals surface area contributed by atoms with Crippen molar-refractivity contribution in [1.82, 2.24) is 0 Å². The van der Waals surface area contributed by atoms with Gasteiger partial charge in [0.2, 0.25) is 5.78 Å². The monoisotopic (exact) mass is 326 g/mol. The van der Waals surface area contributed by atoms with Crippen LogP contribution in [0.5, 0.6) is 5.75 Å². The molecule has 98 valence electrons. The van der Waals surface area contributed by atoms with Crippen LogP contribution in [0.2, 0.25) is 0 Å². The number of ketones is 1. The molecule has 0 N–H and O–H groups in total. The number of Topliss-reactive ketones (excluding diaryl/α,β-unsaturated/α-hetero) is 1. The van der Waals surface area contributed by atoms with Crippen molar-refractivity contribution in [2.75, 3.05) is 6.61 Å². The highest BCUT2D eigenvalue weighted by molar-refractivity contribution is 9.10. The zero-order valence-electron chi connectivity index (χ0n) is 9.70. The molecule has 0 saturated carbocycles. The highest BCUT2D eigenvalue weighted by atomic mass is 79.9. The highest BCUT2D eigenvalue weighted by Crippen LogP contribution is 2.20. The van der Waals surface area contributed by atoms with Gasteiger partial charge in [-0.05, 0) is 24.3 Å². The highest BCUT2D eigenvalue weighted by Gasteiger charge is 2.12. The Kier molecular flexibility index (Phi) is 4.27. The minimum Gasteiger partial charge on any atom is -0.485 e. The zero-order chi connectivity index (χ0) is 13.8. The van der Waals surface area contributed by atoms with Crippen molar-refractivity contribution in [3.8, 4) is 5.75 Å². The lowest BCUT2D eigenvalue weighted by Crippen LogP contribution is -2.13. The van der Waals surface area contributed by atoms with Crippen LogP contribution in [-0.4, -0.2) is 12.4 Å². The quantitative estimate of drug-likeness (QED) is 0.794. The molecular formula is C14H9BrF2O2. The van der Waals surface area contributed by atoms with Gasteiger partial charge in [0.25, 0.3) is 0 Å². The number of carbonyl (C=O) groups is 1. The number of carbonyl (C=O) groups excluding carboxylic acids is 1. The lowest BCUT2D eigenvalue weighted by atomic mass is 10.1. The molecule has 19 heavy (non-hydrogen) atoms. The third-order valence-electron chi connectivity index (χ3n) is 2.38. The molecule has 0 heterocycles. The van der Waals surface area contributed by atoms with E-state index >= 15 is 0 Å². The van der Waals surface area contributed by atoms with Crippen LogP contribution in [0.15, 0.2) is 46.9 Å². The third-order valence-corrected chi connectivity index (χ3v) is 2.84. The molecule has 5 heteroatoms. The smallest absolute Gasteiger partial charge is 0.203 e. The van der Waals surface area contributed by atoms with Crippen LogP contribution in [0.4, 0.5) is 8.78 Å². The summed E-state index contributed by atoms with van der Waals surface area (Å²) in [6, 6.07) is 9.59. The Morgan fingerprint density at radius 2 is 1.89 bits per heavy atom. The minimum absolute atomic E-state index is 0.0435. The van der Waals surface area contributed by atoms with Gasteiger partial charge in [-0.1, -0.05) is 28.1 Å². The van der Waals surface area contributed by atoms with Gasteiger partial charge in [-0.25, -0.2) is 8.78 Å².